The summed E-state index contributed by atoms with van der Waals surface area (Å²) < 4.78 is 43.9. The third-order valence-corrected chi connectivity index (χ3v) is 3.86. The average molecular weight is 285 g/mol. The lowest BCUT2D eigenvalue weighted by atomic mass is 9.91. The van der Waals surface area contributed by atoms with Gasteiger partial charge < -0.3 is 19.9 Å². The Morgan fingerprint density at radius 2 is 2.10 bits per heavy atom. The molecule has 2 aliphatic rings. The van der Waals surface area contributed by atoms with Gasteiger partial charge in [-0.3, -0.25) is 0 Å². The van der Waals surface area contributed by atoms with Crippen molar-refractivity contribution in [3.63, 3.8) is 0 Å². The van der Waals surface area contributed by atoms with Crippen LogP contribution in [0.5, 0.6) is 5.75 Å². The second-order valence-electron chi connectivity index (χ2n) is 5.37. The van der Waals surface area contributed by atoms with Crippen LogP contribution in [0.3, 0.4) is 0 Å². The maximum atomic E-state index is 13.7. The smallest absolute Gasteiger partial charge is 0.167 e. The van der Waals surface area contributed by atoms with E-state index in [2.05, 4.69) is 0 Å². The van der Waals surface area contributed by atoms with Crippen molar-refractivity contribution in [2.24, 2.45) is 0 Å². The summed E-state index contributed by atoms with van der Waals surface area (Å²) in [5.74, 6) is -1.42. The Morgan fingerprint density at radius 3 is 2.85 bits per heavy atom. The van der Waals surface area contributed by atoms with E-state index in [1.165, 1.54) is 0 Å². The first-order valence-corrected chi connectivity index (χ1v) is 6.71. The highest BCUT2D eigenvalue weighted by Gasteiger charge is 2.42. The number of ether oxygens (including phenoxy) is 3. The fraction of sp³-hybridized carbons (Fsp3) is 0.571. The number of halogens is 2. The molecule has 110 valence electrons. The van der Waals surface area contributed by atoms with E-state index < -0.39 is 11.6 Å². The normalized spacial score (nSPS) is 29.8. The van der Waals surface area contributed by atoms with Gasteiger partial charge in [-0.15, -0.1) is 0 Å². The van der Waals surface area contributed by atoms with Crippen LogP contribution in [0.25, 0.3) is 0 Å². The minimum atomic E-state index is -0.674. The van der Waals surface area contributed by atoms with Crippen LogP contribution in [0, 0.1) is 11.6 Å². The van der Waals surface area contributed by atoms with Gasteiger partial charge in [0.1, 0.15) is 11.9 Å². The maximum Gasteiger partial charge on any atom is 0.167 e. The Kier molecular flexibility index (Phi) is 3.52. The molecule has 3 rings (SSSR count). The zero-order valence-electron chi connectivity index (χ0n) is 11.0. The van der Waals surface area contributed by atoms with Gasteiger partial charge >= 0.3 is 0 Å². The predicted molar refractivity (Wildman–Crippen MR) is 68.5 cm³/mol. The molecule has 2 N–H and O–H groups in total. The van der Waals surface area contributed by atoms with Crippen LogP contribution in [0.2, 0.25) is 0 Å². The molecule has 2 heterocycles. The maximum absolute atomic E-state index is 13.7. The van der Waals surface area contributed by atoms with E-state index in [0.29, 0.717) is 32.7 Å². The van der Waals surface area contributed by atoms with Crippen molar-refractivity contribution in [2.45, 2.75) is 31.0 Å². The van der Waals surface area contributed by atoms with E-state index in [0.717, 1.165) is 18.6 Å². The highest BCUT2D eigenvalue weighted by Crippen LogP contribution is 2.35. The number of nitrogens with two attached hydrogens (primary N) is 1. The second-order valence-corrected chi connectivity index (χ2v) is 5.37. The van der Waals surface area contributed by atoms with E-state index in [9.17, 15) is 8.78 Å². The van der Waals surface area contributed by atoms with Crippen molar-refractivity contribution in [1.82, 2.24) is 0 Å². The van der Waals surface area contributed by atoms with Crippen LogP contribution in [0.1, 0.15) is 19.3 Å². The molecule has 2 unspecified atom stereocenters. The first-order valence-electron chi connectivity index (χ1n) is 6.71. The highest BCUT2D eigenvalue weighted by molar-refractivity contribution is 5.44. The van der Waals surface area contributed by atoms with Crippen LogP contribution in [-0.2, 0) is 9.47 Å². The molecule has 0 aromatic heterocycles. The van der Waals surface area contributed by atoms with Crippen molar-refractivity contribution in [3.8, 4) is 5.75 Å². The predicted octanol–water partition coefficient (Wildman–Crippen LogP) is 2.26. The SMILES string of the molecule is Nc1cc(F)c(OC2CCOC3(CCOC3)C2)cc1F. The molecule has 0 radical (unpaired) electrons. The summed E-state index contributed by atoms with van der Waals surface area (Å²) in [6.07, 6.45) is 1.87. The number of benzene rings is 1. The number of hydrogen-bond acceptors (Lipinski definition) is 4. The van der Waals surface area contributed by atoms with Crippen molar-refractivity contribution in [2.75, 3.05) is 25.6 Å². The Balaban J connectivity index is 1.73. The van der Waals surface area contributed by atoms with Crippen LogP contribution in [0.4, 0.5) is 14.5 Å². The molecule has 0 bridgehead atoms. The van der Waals surface area contributed by atoms with Crippen LogP contribution in [0.15, 0.2) is 12.1 Å². The van der Waals surface area contributed by atoms with Crippen molar-refractivity contribution in [1.29, 1.82) is 0 Å². The number of rotatable bonds is 2. The molecule has 4 nitrogen and oxygen atoms in total. The molecule has 2 fully saturated rings. The molecular formula is C14H17F2NO3. The highest BCUT2D eigenvalue weighted by atomic mass is 19.1. The fourth-order valence-electron chi connectivity index (χ4n) is 2.76. The average Bonchev–Trinajstić information content (AvgIpc) is 2.84. The molecule has 2 atom stereocenters. The lowest BCUT2D eigenvalue weighted by molar-refractivity contribution is -0.112. The first kappa shape index (κ1) is 13.6. The van der Waals surface area contributed by atoms with Gasteiger partial charge in [-0.05, 0) is 0 Å². The Morgan fingerprint density at radius 1 is 1.25 bits per heavy atom. The third-order valence-electron chi connectivity index (χ3n) is 3.86. The largest absolute Gasteiger partial charge is 0.487 e. The molecule has 6 heteroatoms. The molecule has 1 aromatic rings. The topological polar surface area (TPSA) is 53.7 Å². The minimum absolute atomic E-state index is 0.0994. The van der Waals surface area contributed by atoms with Gasteiger partial charge in [0.2, 0.25) is 0 Å². The van der Waals surface area contributed by atoms with Crippen LogP contribution < -0.4 is 10.5 Å². The zero-order chi connectivity index (χ0) is 14.2. The minimum Gasteiger partial charge on any atom is -0.487 e. The summed E-state index contributed by atoms with van der Waals surface area (Å²) in [6, 6.07) is 1.94. The van der Waals surface area contributed by atoms with Gasteiger partial charge in [-0.2, -0.15) is 0 Å². The molecular weight excluding hydrogens is 268 g/mol. The summed E-state index contributed by atoms with van der Waals surface area (Å²) >= 11 is 0. The van der Waals surface area contributed by atoms with E-state index in [1.54, 1.807) is 0 Å². The van der Waals surface area contributed by atoms with Gasteiger partial charge in [-0.1, -0.05) is 0 Å². The summed E-state index contributed by atoms with van der Waals surface area (Å²) in [5, 5.41) is 0. The summed E-state index contributed by atoms with van der Waals surface area (Å²) in [4.78, 5) is 0. The van der Waals surface area contributed by atoms with E-state index in [1.807, 2.05) is 0 Å². The lowest BCUT2D eigenvalue weighted by Gasteiger charge is -2.37. The monoisotopic (exact) mass is 285 g/mol. The van der Waals surface area contributed by atoms with Gasteiger partial charge in [0.05, 0.1) is 24.5 Å². The number of nitrogen functional groups attached to an aromatic ring is 1. The second kappa shape index (κ2) is 5.18. The van der Waals surface area contributed by atoms with Crippen molar-refractivity contribution in [3.05, 3.63) is 23.8 Å². The summed E-state index contributed by atoms with van der Waals surface area (Å²) in [6.45, 7) is 1.73. The first-order chi connectivity index (χ1) is 9.58. The van der Waals surface area contributed by atoms with Gasteiger partial charge in [0.15, 0.2) is 11.6 Å². The molecule has 1 aromatic carbocycles. The van der Waals surface area contributed by atoms with E-state index in [4.69, 9.17) is 19.9 Å². The van der Waals surface area contributed by atoms with Gasteiger partial charge in [-0.25, -0.2) is 8.78 Å². The van der Waals surface area contributed by atoms with Crippen molar-refractivity contribution >= 4 is 5.69 Å². The Hall–Kier alpha value is -1.40. The molecule has 2 aliphatic heterocycles. The zero-order valence-corrected chi connectivity index (χ0v) is 11.0. The number of hydrogen-bond donors (Lipinski definition) is 1. The fourth-order valence-corrected chi connectivity index (χ4v) is 2.76. The summed E-state index contributed by atoms with van der Waals surface area (Å²) in [5.41, 5.74) is 4.76. The third kappa shape index (κ3) is 2.58. The van der Waals surface area contributed by atoms with E-state index in [-0.39, 0.29) is 23.1 Å². The summed E-state index contributed by atoms with van der Waals surface area (Å²) in [7, 11) is 0. The van der Waals surface area contributed by atoms with E-state index >= 15 is 0 Å². The number of anilines is 1. The van der Waals surface area contributed by atoms with Gasteiger partial charge in [0, 0.05) is 38.0 Å². The Labute approximate surface area is 115 Å². The molecule has 0 aliphatic carbocycles. The molecule has 20 heavy (non-hydrogen) atoms. The standard InChI is InChI=1S/C14H17F2NO3/c15-10-6-13(11(16)5-12(10)17)20-9-1-3-19-14(7-9)2-4-18-8-14/h5-6,9H,1-4,7-8,17H2. The molecule has 0 amide bonds. The quantitative estimate of drug-likeness (QED) is 0.847. The molecule has 1 spiro atoms. The van der Waals surface area contributed by atoms with Gasteiger partial charge in [0.25, 0.3) is 0 Å². The van der Waals surface area contributed by atoms with Crippen LogP contribution in [-0.4, -0.2) is 31.5 Å². The Bertz CT molecular complexity index is 503. The lowest BCUT2D eigenvalue weighted by Crippen LogP contribution is -2.44. The molecule has 0 saturated carbocycles. The van der Waals surface area contributed by atoms with Crippen LogP contribution >= 0.6 is 0 Å². The van der Waals surface area contributed by atoms with Crippen molar-refractivity contribution < 1.29 is 23.0 Å². The molecule has 2 saturated heterocycles.